The second kappa shape index (κ2) is 9.37. The molecule has 3 aromatic rings. The quantitative estimate of drug-likeness (QED) is 0.662. The van der Waals surface area contributed by atoms with Gasteiger partial charge in [-0.2, -0.15) is 0 Å². The van der Waals surface area contributed by atoms with E-state index < -0.39 is 0 Å². The van der Waals surface area contributed by atoms with Crippen molar-refractivity contribution in [2.45, 2.75) is 47.3 Å². The lowest BCUT2D eigenvalue weighted by Gasteiger charge is -2.23. The van der Waals surface area contributed by atoms with Crippen LogP contribution < -0.4 is 5.32 Å². The minimum atomic E-state index is -0.0958. The second-order valence-electron chi connectivity index (χ2n) is 7.40. The molecule has 0 saturated carbocycles. The number of urea groups is 1. The number of aromatic nitrogens is 3. The highest BCUT2D eigenvalue weighted by Crippen LogP contribution is 2.19. The zero-order valence-electron chi connectivity index (χ0n) is 17.6. The van der Waals surface area contributed by atoms with Crippen LogP contribution in [0.1, 0.15) is 40.6 Å². The van der Waals surface area contributed by atoms with Crippen molar-refractivity contribution in [2.75, 3.05) is 6.54 Å². The zero-order valence-corrected chi connectivity index (χ0v) is 17.6. The maximum Gasteiger partial charge on any atom is 0.318 e. The summed E-state index contributed by atoms with van der Waals surface area (Å²) in [5.74, 6) is 0.865. The summed E-state index contributed by atoms with van der Waals surface area (Å²) in [7, 11) is 0. The second-order valence-corrected chi connectivity index (χ2v) is 7.40. The van der Waals surface area contributed by atoms with Crippen LogP contribution >= 0.6 is 0 Å². The van der Waals surface area contributed by atoms with Crippen molar-refractivity contribution in [3.63, 3.8) is 0 Å². The van der Waals surface area contributed by atoms with Gasteiger partial charge in [0.15, 0.2) is 0 Å². The molecule has 0 unspecified atom stereocenters. The number of benzene rings is 1. The van der Waals surface area contributed by atoms with E-state index in [0.717, 1.165) is 17.9 Å². The summed E-state index contributed by atoms with van der Waals surface area (Å²) in [6.07, 6.45) is 7.28. The third kappa shape index (κ3) is 5.22. The highest BCUT2D eigenvalue weighted by atomic mass is 16.2. The number of hydrogen-bond donors (Lipinski definition) is 1. The largest absolute Gasteiger partial charge is 0.338 e. The summed E-state index contributed by atoms with van der Waals surface area (Å²) in [5.41, 5.74) is 6.16. The molecule has 2 amide bonds. The maximum atomic E-state index is 12.7. The molecule has 2 aromatic heterocycles. The molecular weight excluding hydrogens is 362 g/mol. The first-order valence-corrected chi connectivity index (χ1v) is 9.96. The fraction of sp³-hybridized carbons (Fsp3) is 0.348. The Morgan fingerprint density at radius 2 is 1.76 bits per heavy atom. The highest BCUT2D eigenvalue weighted by Gasteiger charge is 2.17. The van der Waals surface area contributed by atoms with Crippen LogP contribution in [0.3, 0.4) is 0 Å². The number of aryl methyl sites for hydroxylation is 3. The van der Waals surface area contributed by atoms with Gasteiger partial charge in [-0.15, -0.1) is 0 Å². The first kappa shape index (κ1) is 20.6. The number of imidazole rings is 1. The number of carbonyl (C=O) groups excluding carboxylic acids is 1. The number of pyridine rings is 1. The summed E-state index contributed by atoms with van der Waals surface area (Å²) < 4.78 is 2.13. The van der Waals surface area contributed by atoms with Crippen LogP contribution in [-0.2, 0) is 19.6 Å². The topological polar surface area (TPSA) is 63.1 Å². The van der Waals surface area contributed by atoms with Gasteiger partial charge in [0.05, 0.1) is 6.54 Å². The molecule has 1 N–H and O–H groups in total. The number of carbonyl (C=O) groups is 1. The molecular formula is C23H29N5O. The van der Waals surface area contributed by atoms with E-state index in [0.29, 0.717) is 19.6 Å². The molecule has 0 radical (unpaired) electrons. The predicted molar refractivity (Wildman–Crippen MR) is 115 cm³/mol. The number of nitrogens with one attached hydrogen (secondary N) is 1. The van der Waals surface area contributed by atoms with Gasteiger partial charge in [0.25, 0.3) is 0 Å². The average Bonchev–Trinajstić information content (AvgIpc) is 3.12. The van der Waals surface area contributed by atoms with Gasteiger partial charge in [-0.3, -0.25) is 4.98 Å². The molecule has 152 valence electrons. The van der Waals surface area contributed by atoms with Gasteiger partial charge in [0.1, 0.15) is 5.82 Å². The van der Waals surface area contributed by atoms with Crippen molar-refractivity contribution in [1.82, 2.24) is 24.8 Å². The monoisotopic (exact) mass is 391 g/mol. The first-order chi connectivity index (χ1) is 14.0. The molecule has 0 atom stereocenters. The zero-order chi connectivity index (χ0) is 20.8. The third-order valence-corrected chi connectivity index (χ3v) is 5.04. The van der Waals surface area contributed by atoms with Crippen LogP contribution in [0.15, 0.2) is 49.1 Å². The number of nitrogens with zero attached hydrogens (tertiary/aromatic N) is 4. The van der Waals surface area contributed by atoms with E-state index in [1.165, 1.54) is 22.3 Å². The lowest BCUT2D eigenvalue weighted by atomic mass is 10.00. The fourth-order valence-electron chi connectivity index (χ4n) is 3.61. The first-order valence-electron chi connectivity index (χ1n) is 9.96. The highest BCUT2D eigenvalue weighted by molar-refractivity contribution is 5.74. The number of hydrogen-bond acceptors (Lipinski definition) is 3. The Hall–Kier alpha value is -3.15. The van der Waals surface area contributed by atoms with E-state index in [2.05, 4.69) is 52.8 Å². The summed E-state index contributed by atoms with van der Waals surface area (Å²) in [6, 6.07) is 8.18. The van der Waals surface area contributed by atoms with Crippen LogP contribution in [0.5, 0.6) is 0 Å². The van der Waals surface area contributed by atoms with E-state index >= 15 is 0 Å². The van der Waals surface area contributed by atoms with E-state index in [-0.39, 0.29) is 6.03 Å². The molecule has 2 heterocycles. The molecule has 0 bridgehead atoms. The Kier molecular flexibility index (Phi) is 6.65. The molecule has 0 saturated heterocycles. The lowest BCUT2D eigenvalue weighted by molar-refractivity contribution is 0.190. The molecule has 3 rings (SSSR count). The van der Waals surface area contributed by atoms with Crippen LogP contribution in [0.25, 0.3) is 0 Å². The third-order valence-electron chi connectivity index (χ3n) is 5.04. The Bertz CT molecular complexity index is 941. The van der Waals surface area contributed by atoms with Crippen LogP contribution in [0.2, 0.25) is 0 Å². The summed E-state index contributed by atoms with van der Waals surface area (Å²) in [5, 5.41) is 2.91. The summed E-state index contributed by atoms with van der Waals surface area (Å²) >= 11 is 0. The number of amides is 2. The van der Waals surface area contributed by atoms with Gasteiger partial charge >= 0.3 is 6.03 Å². The Balaban J connectivity index is 1.83. The Morgan fingerprint density at radius 1 is 1.07 bits per heavy atom. The molecule has 6 nitrogen and oxygen atoms in total. The maximum absolute atomic E-state index is 12.7. The molecule has 0 fully saturated rings. The van der Waals surface area contributed by atoms with Gasteiger partial charge in [-0.1, -0.05) is 17.7 Å². The number of rotatable bonds is 7. The molecule has 1 aromatic carbocycles. The molecule has 29 heavy (non-hydrogen) atoms. The fourth-order valence-corrected chi connectivity index (χ4v) is 3.61. The minimum absolute atomic E-state index is 0.0958. The van der Waals surface area contributed by atoms with Gasteiger partial charge < -0.3 is 14.8 Å². The molecule has 0 aliphatic carbocycles. The normalized spacial score (nSPS) is 10.8. The van der Waals surface area contributed by atoms with Crippen LogP contribution in [-0.4, -0.2) is 32.0 Å². The molecule has 6 heteroatoms. The van der Waals surface area contributed by atoms with Crippen LogP contribution in [0, 0.1) is 20.8 Å². The van der Waals surface area contributed by atoms with Crippen molar-refractivity contribution in [3.05, 3.63) is 82.7 Å². The van der Waals surface area contributed by atoms with Gasteiger partial charge in [0, 0.05) is 44.4 Å². The van der Waals surface area contributed by atoms with Gasteiger partial charge in [0.2, 0.25) is 0 Å². The van der Waals surface area contributed by atoms with Crippen molar-refractivity contribution in [3.8, 4) is 0 Å². The minimum Gasteiger partial charge on any atom is -0.338 e. The van der Waals surface area contributed by atoms with Crippen LogP contribution in [0.4, 0.5) is 4.79 Å². The summed E-state index contributed by atoms with van der Waals surface area (Å²) in [4.78, 5) is 23.0. The van der Waals surface area contributed by atoms with Crippen molar-refractivity contribution < 1.29 is 4.79 Å². The lowest BCUT2D eigenvalue weighted by Crippen LogP contribution is -2.39. The Labute approximate surface area is 172 Å². The molecule has 0 aliphatic heterocycles. The SMILES string of the molecule is CCNC(=O)N(Cc1ccncc1)Cc1nccn1Cc1c(C)cc(C)cc1C. The van der Waals surface area contributed by atoms with E-state index in [1.807, 2.05) is 25.3 Å². The molecule has 0 spiro atoms. The van der Waals surface area contributed by atoms with E-state index in [9.17, 15) is 4.79 Å². The predicted octanol–water partition coefficient (Wildman–Crippen LogP) is 3.98. The van der Waals surface area contributed by atoms with Gasteiger partial charge in [-0.05, 0) is 62.1 Å². The molecule has 0 aliphatic rings. The Morgan fingerprint density at radius 3 is 2.41 bits per heavy atom. The van der Waals surface area contributed by atoms with Crippen molar-refractivity contribution in [1.29, 1.82) is 0 Å². The van der Waals surface area contributed by atoms with Crippen molar-refractivity contribution >= 4 is 6.03 Å². The standard InChI is InChI=1S/C23H29N5O/c1-5-25-23(29)28(14-20-6-8-24-9-7-20)16-22-26-10-11-27(22)15-21-18(3)12-17(2)13-19(21)4/h6-13H,5,14-16H2,1-4H3,(H,25,29). The van der Waals surface area contributed by atoms with E-state index in [4.69, 9.17) is 0 Å². The smallest absolute Gasteiger partial charge is 0.318 e. The average molecular weight is 392 g/mol. The van der Waals surface area contributed by atoms with E-state index in [1.54, 1.807) is 23.5 Å². The van der Waals surface area contributed by atoms with Crippen molar-refractivity contribution in [2.24, 2.45) is 0 Å². The van der Waals surface area contributed by atoms with Gasteiger partial charge in [-0.25, -0.2) is 9.78 Å². The summed E-state index contributed by atoms with van der Waals surface area (Å²) in [6.45, 7) is 10.6.